The lowest BCUT2D eigenvalue weighted by Crippen LogP contribution is -2.27. The summed E-state index contributed by atoms with van der Waals surface area (Å²) in [5.74, 6) is 0.835. The number of ether oxygens (including phenoxy) is 1. The molecule has 0 fully saturated rings. The van der Waals surface area contributed by atoms with E-state index in [1.54, 1.807) is 42.5 Å². The summed E-state index contributed by atoms with van der Waals surface area (Å²) >= 11 is 7.43. The molecule has 0 radical (unpaired) electrons. The van der Waals surface area contributed by atoms with E-state index in [4.69, 9.17) is 16.3 Å². The van der Waals surface area contributed by atoms with Crippen molar-refractivity contribution in [3.05, 3.63) is 75.9 Å². The molecule has 0 bridgehead atoms. The van der Waals surface area contributed by atoms with E-state index < -0.39 is 0 Å². The molecule has 7 heteroatoms. The highest BCUT2D eigenvalue weighted by atomic mass is 35.5. The van der Waals surface area contributed by atoms with Crippen LogP contribution in [0.2, 0.25) is 5.02 Å². The van der Waals surface area contributed by atoms with Crippen LogP contribution in [0.15, 0.2) is 66.0 Å². The molecule has 2 N–H and O–H groups in total. The molecule has 0 atom stereocenters. The summed E-state index contributed by atoms with van der Waals surface area (Å²) in [6.45, 7) is 0.274. The van der Waals surface area contributed by atoms with Crippen molar-refractivity contribution in [2.24, 2.45) is 0 Å². The van der Waals surface area contributed by atoms with Crippen molar-refractivity contribution in [1.29, 1.82) is 0 Å². The molecule has 3 rings (SSSR count). The number of hydrogen-bond acceptors (Lipinski definition) is 4. The molecule has 27 heavy (non-hydrogen) atoms. The van der Waals surface area contributed by atoms with Gasteiger partial charge in [0.15, 0.2) is 0 Å². The fourth-order valence-electron chi connectivity index (χ4n) is 2.27. The van der Waals surface area contributed by atoms with Crippen LogP contribution in [0.3, 0.4) is 0 Å². The second kappa shape index (κ2) is 9.21. The largest absolute Gasteiger partial charge is 0.456 e. The van der Waals surface area contributed by atoms with Gasteiger partial charge in [-0.2, -0.15) is 0 Å². The van der Waals surface area contributed by atoms with E-state index in [-0.39, 0.29) is 24.8 Å². The van der Waals surface area contributed by atoms with Gasteiger partial charge >= 0.3 is 0 Å². The number of nitrogens with one attached hydrogen (secondary N) is 2. The number of hydrogen-bond donors (Lipinski definition) is 2. The van der Waals surface area contributed by atoms with E-state index in [2.05, 4.69) is 10.6 Å². The predicted octanol–water partition coefficient (Wildman–Crippen LogP) is 4.95. The van der Waals surface area contributed by atoms with E-state index in [0.717, 1.165) is 0 Å². The molecule has 0 aliphatic heterocycles. The van der Waals surface area contributed by atoms with Gasteiger partial charge in [-0.25, -0.2) is 0 Å². The summed E-state index contributed by atoms with van der Waals surface area (Å²) in [7, 11) is 0. The zero-order valence-electron chi connectivity index (χ0n) is 14.3. The maximum atomic E-state index is 12.0. The quantitative estimate of drug-likeness (QED) is 0.589. The Bertz CT molecular complexity index is 911. The summed E-state index contributed by atoms with van der Waals surface area (Å²) in [4.78, 5) is 24.4. The Balaban J connectivity index is 1.45. The number of thiophene rings is 1. The zero-order chi connectivity index (χ0) is 19.1. The molecule has 2 aromatic carbocycles. The topological polar surface area (TPSA) is 67.4 Å². The third-order valence-electron chi connectivity index (χ3n) is 3.59. The minimum absolute atomic E-state index is 0.168. The highest BCUT2D eigenvalue weighted by Gasteiger charge is 2.08. The second-order valence-corrected chi connectivity index (χ2v) is 6.94. The number of anilines is 1. The van der Waals surface area contributed by atoms with Gasteiger partial charge in [-0.15, -0.1) is 11.3 Å². The lowest BCUT2D eigenvalue weighted by molar-refractivity contribution is -0.116. The average molecular weight is 401 g/mol. The van der Waals surface area contributed by atoms with Gasteiger partial charge in [0.2, 0.25) is 5.91 Å². The van der Waals surface area contributed by atoms with Crippen LogP contribution in [0.25, 0.3) is 0 Å². The number of benzene rings is 2. The fraction of sp³-hybridized carbons (Fsp3) is 0.100. The molecule has 3 aromatic rings. The van der Waals surface area contributed by atoms with Crippen LogP contribution in [-0.4, -0.2) is 18.4 Å². The van der Waals surface area contributed by atoms with E-state index >= 15 is 0 Å². The lowest BCUT2D eigenvalue weighted by Gasteiger charge is -2.09. The third-order valence-corrected chi connectivity index (χ3v) is 4.77. The van der Waals surface area contributed by atoms with Crippen molar-refractivity contribution < 1.29 is 14.3 Å². The Kier molecular flexibility index (Phi) is 6.46. The molecular formula is C20H17ClN2O3S. The first-order valence-corrected chi connectivity index (χ1v) is 9.51. The molecule has 0 spiro atoms. The number of halogens is 1. The summed E-state index contributed by atoms with van der Waals surface area (Å²) < 4.78 is 5.70. The summed E-state index contributed by atoms with van der Waals surface area (Å²) in [5, 5.41) is 7.87. The van der Waals surface area contributed by atoms with Crippen LogP contribution >= 0.6 is 22.9 Å². The van der Waals surface area contributed by atoms with E-state index in [1.807, 2.05) is 23.6 Å². The minimum atomic E-state index is -0.179. The number of rotatable bonds is 7. The van der Waals surface area contributed by atoms with Crippen LogP contribution in [0.5, 0.6) is 11.5 Å². The molecule has 5 nitrogen and oxygen atoms in total. The molecule has 138 valence electrons. The molecule has 2 amide bonds. The van der Waals surface area contributed by atoms with Gasteiger partial charge in [-0.3, -0.25) is 9.59 Å². The van der Waals surface area contributed by atoms with E-state index in [1.165, 1.54) is 11.3 Å². The predicted molar refractivity (Wildman–Crippen MR) is 108 cm³/mol. The molecule has 1 aromatic heterocycles. The van der Waals surface area contributed by atoms with Gasteiger partial charge in [0, 0.05) is 18.7 Å². The maximum absolute atomic E-state index is 12.0. The van der Waals surface area contributed by atoms with Crippen LogP contribution in [-0.2, 0) is 4.79 Å². The van der Waals surface area contributed by atoms with Gasteiger partial charge < -0.3 is 15.4 Å². The second-order valence-electron chi connectivity index (χ2n) is 5.59. The Morgan fingerprint density at radius 3 is 2.48 bits per heavy atom. The molecule has 0 aliphatic carbocycles. The molecule has 0 unspecified atom stereocenters. The van der Waals surface area contributed by atoms with E-state index in [0.29, 0.717) is 27.1 Å². The molecule has 0 saturated carbocycles. The lowest BCUT2D eigenvalue weighted by atomic mass is 10.3. The Hall–Kier alpha value is -2.83. The van der Waals surface area contributed by atoms with Crippen LogP contribution in [0.4, 0.5) is 5.69 Å². The van der Waals surface area contributed by atoms with Crippen molar-refractivity contribution >= 4 is 40.4 Å². The SMILES string of the molecule is O=C(CCNC(=O)c1cccs1)Nc1ccc(Oc2ccccc2Cl)cc1. The average Bonchev–Trinajstić information content (AvgIpc) is 3.20. The van der Waals surface area contributed by atoms with Crippen molar-refractivity contribution in [3.63, 3.8) is 0 Å². The van der Waals surface area contributed by atoms with Gasteiger partial charge in [-0.1, -0.05) is 29.8 Å². The molecule has 0 aliphatic rings. The first kappa shape index (κ1) is 18.9. The molecule has 1 heterocycles. The molecular weight excluding hydrogens is 384 g/mol. The highest BCUT2D eigenvalue weighted by molar-refractivity contribution is 7.12. The molecule has 0 saturated heterocycles. The van der Waals surface area contributed by atoms with Crippen molar-refractivity contribution in [1.82, 2.24) is 5.32 Å². The summed E-state index contributed by atoms with van der Waals surface area (Å²) in [6.07, 6.45) is 0.189. The summed E-state index contributed by atoms with van der Waals surface area (Å²) in [6, 6.07) is 17.7. The van der Waals surface area contributed by atoms with Gasteiger partial charge in [-0.05, 0) is 47.8 Å². The van der Waals surface area contributed by atoms with Crippen LogP contribution in [0.1, 0.15) is 16.1 Å². The smallest absolute Gasteiger partial charge is 0.261 e. The van der Waals surface area contributed by atoms with Crippen LogP contribution in [0, 0.1) is 0 Å². The van der Waals surface area contributed by atoms with Crippen LogP contribution < -0.4 is 15.4 Å². The number of carbonyl (C=O) groups excluding carboxylic acids is 2. The number of carbonyl (C=O) groups is 2. The fourth-order valence-corrected chi connectivity index (χ4v) is 3.08. The first-order chi connectivity index (χ1) is 13.1. The Morgan fingerprint density at radius 1 is 1.00 bits per heavy atom. The Labute approximate surface area is 165 Å². The third kappa shape index (κ3) is 5.57. The monoisotopic (exact) mass is 400 g/mol. The van der Waals surface area contributed by atoms with Crippen molar-refractivity contribution in [2.75, 3.05) is 11.9 Å². The van der Waals surface area contributed by atoms with Gasteiger partial charge in [0.25, 0.3) is 5.91 Å². The maximum Gasteiger partial charge on any atom is 0.261 e. The highest BCUT2D eigenvalue weighted by Crippen LogP contribution is 2.29. The summed E-state index contributed by atoms with van der Waals surface area (Å²) in [5.41, 5.74) is 0.649. The standard InChI is InChI=1S/C20H17ClN2O3S/c21-16-4-1-2-5-17(16)26-15-9-7-14(8-10-15)23-19(24)11-12-22-20(25)18-6-3-13-27-18/h1-10,13H,11-12H2,(H,22,25)(H,23,24). The minimum Gasteiger partial charge on any atom is -0.456 e. The van der Waals surface area contributed by atoms with Gasteiger partial charge in [0.1, 0.15) is 11.5 Å². The first-order valence-electron chi connectivity index (χ1n) is 8.26. The number of amides is 2. The zero-order valence-corrected chi connectivity index (χ0v) is 15.8. The van der Waals surface area contributed by atoms with E-state index in [9.17, 15) is 9.59 Å². The Morgan fingerprint density at radius 2 is 1.78 bits per heavy atom. The van der Waals surface area contributed by atoms with Gasteiger partial charge in [0.05, 0.1) is 9.90 Å². The number of para-hydroxylation sites is 1. The normalized spacial score (nSPS) is 10.3. The van der Waals surface area contributed by atoms with Crippen molar-refractivity contribution in [2.45, 2.75) is 6.42 Å². The van der Waals surface area contributed by atoms with Crippen molar-refractivity contribution in [3.8, 4) is 11.5 Å².